The topological polar surface area (TPSA) is 71.4 Å². The summed E-state index contributed by atoms with van der Waals surface area (Å²) in [4.78, 5) is 35.4. The van der Waals surface area contributed by atoms with Crippen LogP contribution >= 0.6 is 22.7 Å². The summed E-state index contributed by atoms with van der Waals surface area (Å²) in [5, 5.41) is 10.4. The Bertz CT molecular complexity index is 595. The van der Waals surface area contributed by atoms with Crippen LogP contribution in [-0.4, -0.2) is 22.6 Å². The van der Waals surface area contributed by atoms with Gasteiger partial charge < -0.3 is 5.11 Å². The lowest BCUT2D eigenvalue weighted by molar-refractivity contribution is -0.148. The zero-order valence-electron chi connectivity index (χ0n) is 9.08. The van der Waals surface area contributed by atoms with Gasteiger partial charge in [-0.2, -0.15) is 0 Å². The largest absolute Gasteiger partial charge is 0.475 e. The van der Waals surface area contributed by atoms with Crippen molar-refractivity contribution in [1.82, 2.24) is 0 Å². The lowest BCUT2D eigenvalue weighted by Gasteiger charge is -1.93. The third-order valence-electron chi connectivity index (χ3n) is 2.20. The first-order chi connectivity index (χ1) is 8.58. The summed E-state index contributed by atoms with van der Waals surface area (Å²) < 4.78 is 0. The molecule has 6 heteroatoms. The van der Waals surface area contributed by atoms with E-state index in [1.165, 1.54) is 11.3 Å². The third-order valence-corrected chi connectivity index (χ3v) is 4.40. The first kappa shape index (κ1) is 12.7. The number of hydrogen-bond donors (Lipinski definition) is 1. The zero-order chi connectivity index (χ0) is 13.1. The smallest absolute Gasteiger partial charge is 0.372 e. The minimum Gasteiger partial charge on any atom is -0.475 e. The van der Waals surface area contributed by atoms with Crippen LogP contribution in [0.4, 0.5) is 0 Å². The highest BCUT2D eigenvalue weighted by molar-refractivity contribution is 7.22. The second-order valence-corrected chi connectivity index (χ2v) is 5.50. The number of carboxylic acid groups (broad SMARTS) is 1. The van der Waals surface area contributed by atoms with Crippen molar-refractivity contribution >= 4 is 40.2 Å². The number of carbonyl (C=O) groups is 3. The first-order valence-electron chi connectivity index (χ1n) is 5.01. The molecule has 0 spiro atoms. The normalized spacial score (nSPS) is 10.2. The van der Waals surface area contributed by atoms with E-state index in [1.54, 1.807) is 23.5 Å². The standard InChI is InChI=1S/C12H8O4S2/c13-7(6-8(14)12(15)16)9-3-4-11(18-9)10-2-1-5-17-10/h1-5H,6H2,(H,15,16). The minimum absolute atomic E-state index is 0.410. The first-order valence-corrected chi connectivity index (χ1v) is 6.70. The third kappa shape index (κ3) is 2.72. The fraction of sp³-hybridized carbons (Fsp3) is 0.0833. The monoisotopic (exact) mass is 280 g/mol. The van der Waals surface area contributed by atoms with E-state index in [9.17, 15) is 14.4 Å². The molecule has 2 aromatic rings. The van der Waals surface area contributed by atoms with Crippen LogP contribution in [0, 0.1) is 0 Å². The molecule has 1 N–H and O–H groups in total. The van der Waals surface area contributed by atoms with E-state index in [0.717, 1.165) is 9.75 Å². The second-order valence-electron chi connectivity index (χ2n) is 3.47. The van der Waals surface area contributed by atoms with Crippen molar-refractivity contribution in [2.75, 3.05) is 0 Å². The molecule has 0 saturated carbocycles. The van der Waals surface area contributed by atoms with E-state index in [4.69, 9.17) is 5.11 Å². The molecule has 0 atom stereocenters. The summed E-state index contributed by atoms with van der Waals surface area (Å²) in [7, 11) is 0. The molecular formula is C12H8O4S2. The van der Waals surface area contributed by atoms with Crippen LogP contribution in [0.1, 0.15) is 16.1 Å². The number of carboxylic acids is 1. The fourth-order valence-corrected chi connectivity index (χ4v) is 3.13. The van der Waals surface area contributed by atoms with Gasteiger partial charge in [-0.3, -0.25) is 9.59 Å². The summed E-state index contributed by atoms with van der Waals surface area (Å²) in [5.41, 5.74) is 0. The summed E-state index contributed by atoms with van der Waals surface area (Å²) in [6.07, 6.45) is -0.584. The predicted octanol–water partition coefficient (Wildman–Crippen LogP) is 2.70. The molecule has 0 bridgehead atoms. The maximum atomic E-state index is 11.7. The molecule has 0 amide bonds. The second kappa shape index (κ2) is 5.24. The highest BCUT2D eigenvalue weighted by atomic mass is 32.1. The van der Waals surface area contributed by atoms with Gasteiger partial charge in [0.05, 0.1) is 11.3 Å². The van der Waals surface area contributed by atoms with Crippen molar-refractivity contribution in [2.45, 2.75) is 6.42 Å². The van der Waals surface area contributed by atoms with Gasteiger partial charge in [0.1, 0.15) is 0 Å². The Kier molecular flexibility index (Phi) is 3.69. The number of thiophene rings is 2. The zero-order valence-corrected chi connectivity index (χ0v) is 10.7. The maximum absolute atomic E-state index is 11.7. The Labute approximate surface area is 111 Å². The van der Waals surface area contributed by atoms with Gasteiger partial charge >= 0.3 is 5.97 Å². The van der Waals surface area contributed by atoms with Gasteiger partial charge in [-0.15, -0.1) is 22.7 Å². The number of aliphatic carboxylic acids is 1. The van der Waals surface area contributed by atoms with Crippen molar-refractivity contribution < 1.29 is 19.5 Å². The maximum Gasteiger partial charge on any atom is 0.372 e. The highest BCUT2D eigenvalue weighted by Gasteiger charge is 2.19. The van der Waals surface area contributed by atoms with Crippen LogP contribution < -0.4 is 0 Å². The Balaban J connectivity index is 2.13. The van der Waals surface area contributed by atoms with Crippen LogP contribution in [0.5, 0.6) is 0 Å². The molecule has 4 nitrogen and oxygen atoms in total. The van der Waals surface area contributed by atoms with Crippen molar-refractivity contribution in [3.8, 4) is 9.75 Å². The van der Waals surface area contributed by atoms with E-state index < -0.39 is 24.0 Å². The molecule has 2 rings (SSSR count). The van der Waals surface area contributed by atoms with Crippen LogP contribution in [0.15, 0.2) is 29.6 Å². The van der Waals surface area contributed by atoms with Crippen molar-refractivity contribution in [2.24, 2.45) is 0 Å². The van der Waals surface area contributed by atoms with E-state index in [-0.39, 0.29) is 0 Å². The number of Topliss-reactive ketones (excluding diaryl/α,β-unsaturated/α-hetero) is 2. The molecule has 2 aromatic heterocycles. The van der Waals surface area contributed by atoms with Crippen LogP contribution in [-0.2, 0) is 9.59 Å². The summed E-state index contributed by atoms with van der Waals surface area (Å²) in [6.45, 7) is 0. The molecular weight excluding hydrogens is 272 g/mol. The molecule has 18 heavy (non-hydrogen) atoms. The molecule has 92 valence electrons. The molecule has 0 aliphatic carbocycles. The van der Waals surface area contributed by atoms with E-state index in [2.05, 4.69) is 0 Å². The molecule has 2 heterocycles. The molecule has 0 aliphatic rings. The van der Waals surface area contributed by atoms with Gasteiger partial charge in [-0.25, -0.2) is 4.79 Å². The van der Waals surface area contributed by atoms with Crippen molar-refractivity contribution in [3.63, 3.8) is 0 Å². The van der Waals surface area contributed by atoms with Gasteiger partial charge in [-0.05, 0) is 23.6 Å². The lowest BCUT2D eigenvalue weighted by Crippen LogP contribution is -2.16. The number of rotatable bonds is 5. The Morgan fingerprint density at radius 3 is 2.50 bits per heavy atom. The summed E-state index contributed by atoms with van der Waals surface area (Å²) in [6, 6.07) is 7.27. The lowest BCUT2D eigenvalue weighted by atomic mass is 10.2. The fourth-order valence-electron chi connectivity index (χ4n) is 1.35. The minimum atomic E-state index is -1.57. The molecule has 0 aromatic carbocycles. The highest BCUT2D eigenvalue weighted by Crippen LogP contribution is 2.31. The molecule has 0 saturated heterocycles. The molecule has 0 aliphatic heterocycles. The number of carbonyl (C=O) groups excluding carboxylic acids is 2. The van der Waals surface area contributed by atoms with Gasteiger partial charge in [0.15, 0.2) is 5.78 Å². The van der Waals surface area contributed by atoms with Crippen LogP contribution in [0.25, 0.3) is 9.75 Å². The quantitative estimate of drug-likeness (QED) is 0.519. The predicted molar refractivity (Wildman–Crippen MR) is 69.2 cm³/mol. The van der Waals surface area contributed by atoms with E-state index in [1.807, 2.05) is 17.5 Å². The Hall–Kier alpha value is -1.79. The molecule has 0 fully saturated rings. The SMILES string of the molecule is O=C(O)C(=O)CC(=O)c1ccc(-c2cccs2)s1. The van der Waals surface area contributed by atoms with Crippen LogP contribution in [0.2, 0.25) is 0 Å². The summed E-state index contributed by atoms with van der Waals surface area (Å²) in [5.74, 6) is -3.10. The molecule has 0 unspecified atom stereocenters. The summed E-state index contributed by atoms with van der Waals surface area (Å²) >= 11 is 2.83. The number of ketones is 2. The molecule has 0 radical (unpaired) electrons. The van der Waals surface area contributed by atoms with Gasteiger partial charge in [0.2, 0.25) is 5.78 Å². The Morgan fingerprint density at radius 2 is 1.89 bits per heavy atom. The van der Waals surface area contributed by atoms with Gasteiger partial charge in [0, 0.05) is 9.75 Å². The van der Waals surface area contributed by atoms with Crippen molar-refractivity contribution in [1.29, 1.82) is 0 Å². The van der Waals surface area contributed by atoms with Gasteiger partial charge in [-0.1, -0.05) is 6.07 Å². The van der Waals surface area contributed by atoms with E-state index in [0.29, 0.717) is 4.88 Å². The van der Waals surface area contributed by atoms with E-state index >= 15 is 0 Å². The Morgan fingerprint density at radius 1 is 1.11 bits per heavy atom. The average molecular weight is 280 g/mol. The van der Waals surface area contributed by atoms with Crippen LogP contribution in [0.3, 0.4) is 0 Å². The average Bonchev–Trinajstić information content (AvgIpc) is 2.99. The van der Waals surface area contributed by atoms with Gasteiger partial charge in [0.25, 0.3) is 0 Å². The van der Waals surface area contributed by atoms with Crippen molar-refractivity contribution in [3.05, 3.63) is 34.5 Å². The number of hydrogen-bond acceptors (Lipinski definition) is 5.